The van der Waals surface area contributed by atoms with Gasteiger partial charge in [-0.2, -0.15) is 0 Å². The Morgan fingerprint density at radius 1 is 0.962 bits per heavy atom. The van der Waals surface area contributed by atoms with E-state index in [1.165, 1.54) is 24.0 Å². The van der Waals surface area contributed by atoms with Crippen LogP contribution >= 0.6 is 0 Å². The van der Waals surface area contributed by atoms with Gasteiger partial charge in [-0.1, -0.05) is 42.5 Å². The van der Waals surface area contributed by atoms with Gasteiger partial charge in [0.05, 0.1) is 5.56 Å². The van der Waals surface area contributed by atoms with Gasteiger partial charge in [0.2, 0.25) is 0 Å². The summed E-state index contributed by atoms with van der Waals surface area (Å²) in [6.45, 7) is 4.88. The normalized spacial score (nSPS) is 21.3. The number of carboxylic acids is 1. The largest absolute Gasteiger partial charge is 0.478 e. The minimum Gasteiger partial charge on any atom is -0.478 e. The molecule has 26 heavy (non-hydrogen) atoms. The van der Waals surface area contributed by atoms with E-state index >= 15 is 0 Å². The maximum Gasteiger partial charge on any atom is 0.336 e. The lowest BCUT2D eigenvalue weighted by atomic mass is 9.87. The van der Waals surface area contributed by atoms with Crippen molar-refractivity contribution in [3.63, 3.8) is 0 Å². The fourth-order valence-corrected chi connectivity index (χ4v) is 4.38. The first-order chi connectivity index (χ1) is 12.7. The average Bonchev–Trinajstić information content (AvgIpc) is 2.68. The van der Waals surface area contributed by atoms with E-state index in [9.17, 15) is 9.90 Å². The van der Waals surface area contributed by atoms with Gasteiger partial charge in [-0.15, -0.1) is 0 Å². The summed E-state index contributed by atoms with van der Waals surface area (Å²) in [6, 6.07) is 16.9. The van der Waals surface area contributed by atoms with Crippen molar-refractivity contribution in [2.45, 2.75) is 31.8 Å². The predicted octanol–water partition coefficient (Wildman–Crippen LogP) is 3.06. The summed E-state index contributed by atoms with van der Waals surface area (Å²) in [7, 11) is 0. The van der Waals surface area contributed by atoms with Gasteiger partial charge >= 0.3 is 5.97 Å². The highest BCUT2D eigenvalue weighted by molar-refractivity contribution is 5.89. The van der Waals surface area contributed by atoms with E-state index in [-0.39, 0.29) is 0 Å². The molecule has 1 saturated heterocycles. The molecule has 0 radical (unpaired) electrons. The molecule has 2 aliphatic rings. The Labute approximate surface area is 155 Å². The summed E-state index contributed by atoms with van der Waals surface area (Å²) in [5.74, 6) is -0.833. The van der Waals surface area contributed by atoms with E-state index in [1.807, 2.05) is 12.1 Å². The van der Waals surface area contributed by atoms with Crippen LogP contribution in [0.15, 0.2) is 48.5 Å². The van der Waals surface area contributed by atoms with Crippen molar-refractivity contribution in [1.82, 2.24) is 9.80 Å². The summed E-state index contributed by atoms with van der Waals surface area (Å²) in [4.78, 5) is 16.4. The molecule has 4 heteroatoms. The molecule has 0 spiro atoms. The summed E-state index contributed by atoms with van der Waals surface area (Å²) >= 11 is 0. The van der Waals surface area contributed by atoms with E-state index in [0.29, 0.717) is 11.6 Å². The predicted molar refractivity (Wildman–Crippen MR) is 103 cm³/mol. The number of aromatic carboxylic acids is 1. The average molecular weight is 350 g/mol. The van der Waals surface area contributed by atoms with Crippen LogP contribution < -0.4 is 0 Å². The Bertz CT molecular complexity index is 781. The van der Waals surface area contributed by atoms with Gasteiger partial charge in [-0.05, 0) is 42.0 Å². The molecule has 0 saturated carbocycles. The Morgan fingerprint density at radius 2 is 1.65 bits per heavy atom. The number of aryl methyl sites for hydroxylation is 1. The molecular weight excluding hydrogens is 324 g/mol. The van der Waals surface area contributed by atoms with Crippen LogP contribution in [-0.4, -0.2) is 53.1 Å². The second kappa shape index (κ2) is 7.60. The maximum atomic E-state index is 11.4. The topological polar surface area (TPSA) is 43.8 Å². The number of rotatable bonds is 4. The highest BCUT2D eigenvalue weighted by atomic mass is 16.4. The van der Waals surface area contributed by atoms with Gasteiger partial charge in [-0.3, -0.25) is 9.80 Å². The smallest absolute Gasteiger partial charge is 0.336 e. The lowest BCUT2D eigenvalue weighted by molar-refractivity contribution is 0.0688. The summed E-state index contributed by atoms with van der Waals surface area (Å²) < 4.78 is 0. The van der Waals surface area contributed by atoms with Crippen LogP contribution in [0.3, 0.4) is 0 Å². The van der Waals surface area contributed by atoms with Crippen LogP contribution in [0.5, 0.6) is 0 Å². The lowest BCUT2D eigenvalue weighted by Gasteiger charge is -2.41. The molecule has 1 aliphatic heterocycles. The van der Waals surface area contributed by atoms with Gasteiger partial charge in [-0.25, -0.2) is 4.79 Å². The second-order valence-corrected chi connectivity index (χ2v) is 7.44. The van der Waals surface area contributed by atoms with E-state index in [0.717, 1.165) is 44.7 Å². The fraction of sp³-hybridized carbons (Fsp3) is 0.409. The minimum atomic E-state index is -0.833. The number of benzene rings is 2. The van der Waals surface area contributed by atoms with Crippen molar-refractivity contribution in [3.05, 3.63) is 70.8 Å². The van der Waals surface area contributed by atoms with Crippen LogP contribution in [0.1, 0.15) is 33.5 Å². The first-order valence-electron chi connectivity index (χ1n) is 9.55. The fourth-order valence-electron chi connectivity index (χ4n) is 4.38. The number of carbonyl (C=O) groups is 1. The van der Waals surface area contributed by atoms with Crippen LogP contribution in [0, 0.1) is 0 Å². The monoisotopic (exact) mass is 350 g/mol. The van der Waals surface area contributed by atoms with Gasteiger partial charge in [0, 0.05) is 38.8 Å². The maximum absolute atomic E-state index is 11.4. The van der Waals surface area contributed by atoms with E-state index in [4.69, 9.17) is 0 Å². The molecule has 0 aromatic heterocycles. The highest BCUT2D eigenvalue weighted by Gasteiger charge is 2.27. The summed E-state index contributed by atoms with van der Waals surface area (Å²) in [5.41, 5.74) is 4.38. The van der Waals surface area contributed by atoms with Crippen molar-refractivity contribution in [2.75, 3.05) is 26.2 Å². The Balaban J connectivity index is 1.35. The molecule has 1 heterocycles. The third kappa shape index (κ3) is 3.67. The molecule has 2 aromatic carbocycles. The number of piperazine rings is 1. The lowest BCUT2D eigenvalue weighted by Crippen LogP contribution is -2.51. The number of fused-ring (bicyclic) bond motifs is 1. The third-order valence-corrected chi connectivity index (χ3v) is 5.89. The van der Waals surface area contributed by atoms with Crippen molar-refractivity contribution >= 4 is 5.97 Å². The zero-order chi connectivity index (χ0) is 17.9. The Morgan fingerprint density at radius 3 is 2.42 bits per heavy atom. The van der Waals surface area contributed by atoms with Crippen LogP contribution in [0.2, 0.25) is 0 Å². The second-order valence-electron chi connectivity index (χ2n) is 7.44. The van der Waals surface area contributed by atoms with Crippen LogP contribution in [0.4, 0.5) is 0 Å². The molecule has 1 N–H and O–H groups in total. The summed E-state index contributed by atoms with van der Waals surface area (Å²) in [5, 5.41) is 9.36. The van der Waals surface area contributed by atoms with Crippen molar-refractivity contribution in [3.8, 4) is 0 Å². The minimum absolute atomic E-state index is 0.429. The standard InChI is InChI=1S/C22H26N2O2/c25-22(26)21-8-4-3-7-19(21)16-23-11-13-24(14-12-23)20-10-9-17-5-1-2-6-18(17)15-20/h1-8,20H,9-16H2,(H,25,26)/t20-/m1/s1. The van der Waals surface area contributed by atoms with E-state index in [2.05, 4.69) is 34.1 Å². The van der Waals surface area contributed by atoms with Crippen LogP contribution in [0.25, 0.3) is 0 Å². The molecule has 1 atom stereocenters. The van der Waals surface area contributed by atoms with Crippen molar-refractivity contribution in [1.29, 1.82) is 0 Å². The van der Waals surface area contributed by atoms with E-state index in [1.54, 1.807) is 12.1 Å². The van der Waals surface area contributed by atoms with E-state index < -0.39 is 5.97 Å². The van der Waals surface area contributed by atoms with Gasteiger partial charge < -0.3 is 5.11 Å². The van der Waals surface area contributed by atoms with Crippen molar-refractivity contribution < 1.29 is 9.90 Å². The Kier molecular flexibility index (Phi) is 5.05. The number of nitrogens with zero attached hydrogens (tertiary/aromatic N) is 2. The SMILES string of the molecule is O=C(O)c1ccccc1CN1CCN([C@@H]2CCc3ccccc3C2)CC1. The third-order valence-electron chi connectivity index (χ3n) is 5.89. The molecular formula is C22H26N2O2. The molecule has 2 aromatic rings. The highest BCUT2D eigenvalue weighted by Crippen LogP contribution is 2.25. The number of hydrogen-bond donors (Lipinski definition) is 1. The Hall–Kier alpha value is -2.17. The first kappa shape index (κ1) is 17.3. The molecule has 1 fully saturated rings. The molecule has 4 nitrogen and oxygen atoms in total. The number of carboxylic acid groups (broad SMARTS) is 1. The summed E-state index contributed by atoms with van der Waals surface area (Å²) in [6.07, 6.45) is 3.60. The zero-order valence-corrected chi connectivity index (χ0v) is 15.1. The zero-order valence-electron chi connectivity index (χ0n) is 15.1. The molecule has 136 valence electrons. The first-order valence-corrected chi connectivity index (χ1v) is 9.55. The van der Waals surface area contributed by atoms with Crippen LogP contribution in [-0.2, 0) is 19.4 Å². The molecule has 4 rings (SSSR count). The molecule has 0 amide bonds. The molecule has 1 aliphatic carbocycles. The molecule has 0 unspecified atom stereocenters. The number of hydrogen-bond acceptors (Lipinski definition) is 3. The molecule has 0 bridgehead atoms. The quantitative estimate of drug-likeness (QED) is 0.920. The van der Waals surface area contributed by atoms with Crippen molar-refractivity contribution in [2.24, 2.45) is 0 Å². The van der Waals surface area contributed by atoms with Gasteiger partial charge in [0.1, 0.15) is 0 Å². The van der Waals surface area contributed by atoms with Gasteiger partial charge in [0.25, 0.3) is 0 Å². The van der Waals surface area contributed by atoms with Gasteiger partial charge in [0.15, 0.2) is 0 Å².